The van der Waals surface area contributed by atoms with Gasteiger partial charge in [-0.15, -0.1) is 0 Å². The molecular weight excluding hydrogens is 977 g/mol. The summed E-state index contributed by atoms with van der Waals surface area (Å²) in [5.74, 6) is 12.6. The highest BCUT2D eigenvalue weighted by molar-refractivity contribution is 5.55. The fraction of sp³-hybridized carbons (Fsp3) is 0.838. The highest BCUT2D eigenvalue weighted by atomic mass is 16.5. The van der Waals surface area contributed by atoms with Crippen LogP contribution in [-0.4, -0.2) is 25.4 Å². The molecule has 8 aliphatic rings. The molecule has 2 aromatic rings. The first-order valence-electron chi connectivity index (χ1n) is 34.2. The smallest absolute Gasteiger partial charge is 0.0629 e. The minimum atomic E-state index is 0.219. The second-order valence-corrected chi connectivity index (χ2v) is 33.0. The van der Waals surface area contributed by atoms with Crippen LogP contribution in [0.25, 0.3) is 0 Å². The first-order valence-corrected chi connectivity index (χ1v) is 34.2. The van der Waals surface area contributed by atoms with Crippen molar-refractivity contribution in [3.63, 3.8) is 0 Å². The van der Waals surface area contributed by atoms with Crippen LogP contribution in [0.15, 0.2) is 36.4 Å². The van der Waals surface area contributed by atoms with Crippen LogP contribution in [0.3, 0.4) is 0 Å². The molecule has 18 atom stereocenters. The molecule has 0 heterocycles. The van der Waals surface area contributed by atoms with Gasteiger partial charge in [-0.25, -0.2) is 0 Å². The van der Waals surface area contributed by atoms with Gasteiger partial charge in [0.05, 0.1) is 25.4 Å². The Morgan fingerprint density at radius 1 is 0.400 bits per heavy atom. The molecule has 8 fully saturated rings. The lowest BCUT2D eigenvalue weighted by atomic mass is 9.41. The highest BCUT2D eigenvalue weighted by Crippen LogP contribution is 2.72. The Hall–Kier alpha value is -2.44. The lowest BCUT2D eigenvalue weighted by molar-refractivity contribution is -0.190. The van der Waals surface area contributed by atoms with Crippen molar-refractivity contribution in [3.05, 3.63) is 47.5 Å². The lowest BCUT2D eigenvalue weighted by Crippen LogP contribution is -2.59. The summed E-state index contributed by atoms with van der Waals surface area (Å²) in [5.41, 5.74) is 32.0. The van der Waals surface area contributed by atoms with Crippen LogP contribution in [0.4, 0.5) is 22.7 Å². The minimum Gasteiger partial charge on any atom is -0.399 e. The molecule has 80 heavy (non-hydrogen) atoms. The molecule has 452 valence electrons. The van der Waals surface area contributed by atoms with E-state index in [1.165, 1.54) is 152 Å². The molecule has 0 radical (unpaired) electrons. The number of ether oxygens (including phenoxy) is 2. The summed E-state index contributed by atoms with van der Waals surface area (Å²) in [6.07, 6.45) is 33.7. The third-order valence-corrected chi connectivity index (χ3v) is 27.0. The summed E-state index contributed by atoms with van der Waals surface area (Å²) in [4.78, 5) is 0. The van der Waals surface area contributed by atoms with Crippen LogP contribution in [-0.2, 0) is 22.3 Å². The van der Waals surface area contributed by atoms with E-state index in [0.29, 0.717) is 33.9 Å². The molecule has 10 rings (SSSR count). The fourth-order valence-electron chi connectivity index (χ4n) is 23.2. The van der Waals surface area contributed by atoms with Gasteiger partial charge in [0.15, 0.2) is 0 Å². The molecule has 6 heteroatoms. The number of anilines is 4. The maximum atomic E-state index is 6.70. The topological polar surface area (TPSA) is 123 Å². The van der Waals surface area contributed by atoms with Crippen LogP contribution >= 0.6 is 0 Å². The zero-order valence-electron chi connectivity index (χ0n) is 54.2. The first-order chi connectivity index (χ1) is 37.7. The number of rotatable bonds is 18. The van der Waals surface area contributed by atoms with E-state index in [9.17, 15) is 0 Å². The van der Waals surface area contributed by atoms with Crippen molar-refractivity contribution >= 4 is 22.7 Å². The Bertz CT molecular complexity index is 2160. The lowest BCUT2D eigenvalue weighted by Gasteiger charge is -2.65. The zero-order valence-corrected chi connectivity index (χ0v) is 54.2. The summed E-state index contributed by atoms with van der Waals surface area (Å²) in [6.45, 7) is 37.3. The van der Waals surface area contributed by atoms with E-state index in [2.05, 4.69) is 96.9 Å². The van der Waals surface area contributed by atoms with Crippen molar-refractivity contribution in [2.75, 3.05) is 36.1 Å². The van der Waals surface area contributed by atoms with Crippen LogP contribution < -0.4 is 22.9 Å². The molecule has 6 nitrogen and oxygen atoms in total. The number of nitrogen functional groups attached to an aromatic ring is 4. The van der Waals surface area contributed by atoms with E-state index in [-0.39, 0.29) is 10.8 Å². The molecule has 8 saturated carbocycles. The van der Waals surface area contributed by atoms with E-state index in [1.807, 2.05) is 36.4 Å². The second-order valence-electron chi connectivity index (χ2n) is 33.0. The number of benzene rings is 2. The van der Waals surface area contributed by atoms with Crippen LogP contribution in [0, 0.1) is 115 Å². The molecule has 8 N–H and O–H groups in total. The molecule has 0 amide bonds. The Labute approximate surface area is 492 Å². The third kappa shape index (κ3) is 12.2. The molecule has 0 bridgehead atoms. The monoisotopic (exact) mass is 1100 g/mol. The van der Waals surface area contributed by atoms with Gasteiger partial charge >= 0.3 is 0 Å². The predicted molar refractivity (Wildman–Crippen MR) is 342 cm³/mol. The summed E-state index contributed by atoms with van der Waals surface area (Å²) >= 11 is 0. The van der Waals surface area contributed by atoms with Crippen molar-refractivity contribution in [1.82, 2.24) is 0 Å². The van der Waals surface area contributed by atoms with Crippen LogP contribution in [0.5, 0.6) is 0 Å². The second kappa shape index (κ2) is 24.5. The maximum absolute atomic E-state index is 6.70. The van der Waals surface area contributed by atoms with Gasteiger partial charge < -0.3 is 32.4 Å². The maximum Gasteiger partial charge on any atom is 0.0629 e. The first kappa shape index (κ1) is 62.1. The number of fused-ring (bicyclic) bond motifs is 10. The van der Waals surface area contributed by atoms with E-state index in [4.69, 9.17) is 32.4 Å². The number of nitrogens with two attached hydrogens (primary N) is 4. The third-order valence-electron chi connectivity index (χ3n) is 27.0. The highest BCUT2D eigenvalue weighted by Gasteiger charge is 2.65. The average Bonchev–Trinajstić information content (AvgIpc) is 4.10. The SMILES string of the molecule is CC(C)CCC[C@@H](C)[C@H]1CC[C@H]2[C@@H]3CCC4C(C)(C)C(OCCc5cc(N)cc(N)c5)CC[C@]4(C)[C@H]3CC[C@]12C.CC(C)CCC[C@@H](C)[C@H]1CC[C@H]2[C@@H]3CCC4C(C)(C)C(OCCc5cc(N)cc(N)c5)CC[C@]4(C)[C@H]3CC[C@]12C. The molecule has 0 spiro atoms. The predicted octanol–water partition coefficient (Wildman–Crippen LogP) is 19.1. The summed E-state index contributed by atoms with van der Waals surface area (Å²) in [7, 11) is 0. The standard InChI is InChI=1S/2C37H62N2O/c2*1-24(2)9-8-10-25(3)30-12-13-31-29-11-14-33-35(4,5)34(40-20-17-26-21-27(38)23-28(39)22-26)16-19-37(33,7)32(29)15-18-36(30,31)6/h2*21-25,29-34H,8-20,38-39H2,1-7H3/t2*25-,29+,30-,31+,32+,33?,34?,36-,37-/m11/s1. The molecule has 0 saturated heterocycles. The Morgan fingerprint density at radius 2 is 0.738 bits per heavy atom. The Kier molecular flexibility index (Phi) is 19.0. The van der Waals surface area contributed by atoms with Crippen LogP contribution in [0.1, 0.15) is 249 Å². The zero-order chi connectivity index (χ0) is 57.7. The van der Waals surface area contributed by atoms with Gasteiger partial charge in [-0.05, 0) is 278 Å². The van der Waals surface area contributed by atoms with E-state index in [1.54, 1.807) is 0 Å². The molecule has 0 aromatic heterocycles. The van der Waals surface area contributed by atoms with Gasteiger partial charge in [-0.3, -0.25) is 0 Å². The van der Waals surface area contributed by atoms with Crippen molar-refractivity contribution in [2.45, 2.75) is 263 Å². The van der Waals surface area contributed by atoms with Crippen molar-refractivity contribution < 1.29 is 9.47 Å². The molecule has 0 aliphatic heterocycles. The fourth-order valence-corrected chi connectivity index (χ4v) is 23.2. The molecule has 8 aliphatic carbocycles. The van der Waals surface area contributed by atoms with Gasteiger partial charge in [0, 0.05) is 22.7 Å². The normalized spacial score (nSPS) is 39.4. The minimum absolute atomic E-state index is 0.219. The van der Waals surface area contributed by atoms with Crippen molar-refractivity contribution in [2.24, 2.45) is 115 Å². The average molecular weight is 1100 g/mol. The van der Waals surface area contributed by atoms with Gasteiger partial charge in [0.25, 0.3) is 0 Å². The van der Waals surface area contributed by atoms with Crippen LogP contribution in [0.2, 0.25) is 0 Å². The number of hydrogen-bond donors (Lipinski definition) is 4. The quantitative estimate of drug-likeness (QED) is 0.110. The Morgan fingerprint density at radius 3 is 1.09 bits per heavy atom. The van der Waals surface area contributed by atoms with Crippen molar-refractivity contribution in [1.29, 1.82) is 0 Å². The largest absolute Gasteiger partial charge is 0.399 e. The van der Waals surface area contributed by atoms with E-state index < -0.39 is 0 Å². The summed E-state index contributed by atoms with van der Waals surface area (Å²) in [6, 6.07) is 11.8. The van der Waals surface area contributed by atoms with Gasteiger partial charge in [-0.1, -0.05) is 135 Å². The molecule has 2 aromatic carbocycles. The van der Waals surface area contributed by atoms with Gasteiger partial charge in [-0.2, -0.15) is 0 Å². The number of hydrogen-bond acceptors (Lipinski definition) is 6. The van der Waals surface area contributed by atoms with E-state index in [0.717, 1.165) is 132 Å². The van der Waals surface area contributed by atoms with Gasteiger partial charge in [0.1, 0.15) is 0 Å². The Balaban J connectivity index is 0.000000194. The van der Waals surface area contributed by atoms with Gasteiger partial charge in [0.2, 0.25) is 0 Å². The molecule has 4 unspecified atom stereocenters. The summed E-state index contributed by atoms with van der Waals surface area (Å²) < 4.78 is 13.4. The van der Waals surface area contributed by atoms with E-state index >= 15 is 0 Å². The van der Waals surface area contributed by atoms with Crippen molar-refractivity contribution in [3.8, 4) is 0 Å². The molecular formula is C74H124N4O2. The summed E-state index contributed by atoms with van der Waals surface area (Å²) in [5, 5.41) is 0.